The van der Waals surface area contributed by atoms with Gasteiger partial charge in [0.2, 0.25) is 0 Å². The normalized spacial score (nSPS) is 9.43. The van der Waals surface area contributed by atoms with Crippen molar-refractivity contribution in [2.75, 3.05) is 5.73 Å². The van der Waals surface area contributed by atoms with Crippen LogP contribution in [0.3, 0.4) is 0 Å². The van der Waals surface area contributed by atoms with Gasteiger partial charge in [0, 0.05) is 16.6 Å². The van der Waals surface area contributed by atoms with E-state index in [4.69, 9.17) is 5.73 Å². The summed E-state index contributed by atoms with van der Waals surface area (Å²) in [5.74, 6) is -0.115. The van der Waals surface area contributed by atoms with Crippen molar-refractivity contribution in [2.45, 2.75) is 26.8 Å². The topological polar surface area (TPSA) is 68.0 Å². The van der Waals surface area contributed by atoms with E-state index in [-0.39, 0.29) is 30.7 Å². The van der Waals surface area contributed by atoms with Crippen LogP contribution < -0.4 is 11.1 Å². The molecule has 0 atom stereocenters. The first-order valence-electron chi connectivity index (χ1n) is 6.17. The number of halogens is 2. The Morgan fingerprint density at radius 1 is 1.38 bits per heavy atom. The number of nitrogens with two attached hydrogens (primary N) is 1. The van der Waals surface area contributed by atoms with Crippen molar-refractivity contribution in [2.24, 2.45) is 0 Å². The van der Waals surface area contributed by atoms with Crippen LogP contribution in [-0.2, 0) is 13.0 Å². The van der Waals surface area contributed by atoms with E-state index >= 15 is 0 Å². The summed E-state index contributed by atoms with van der Waals surface area (Å²) >= 11 is 1.62. The summed E-state index contributed by atoms with van der Waals surface area (Å²) in [7, 11) is 0. The number of nitrogen functional groups attached to an aromatic ring is 1. The van der Waals surface area contributed by atoms with E-state index in [2.05, 4.69) is 17.2 Å². The monoisotopic (exact) mass is 347 g/mol. The third-order valence-electron chi connectivity index (χ3n) is 2.84. The smallest absolute Gasteiger partial charge is 0.251 e. The number of hydrogen-bond acceptors (Lipinski definition) is 4. The van der Waals surface area contributed by atoms with Gasteiger partial charge >= 0.3 is 0 Å². The third kappa shape index (κ3) is 5.19. The highest BCUT2D eigenvalue weighted by Gasteiger charge is 2.10. The Morgan fingerprint density at radius 3 is 2.71 bits per heavy atom. The second kappa shape index (κ2) is 8.87. The van der Waals surface area contributed by atoms with Gasteiger partial charge in [0.25, 0.3) is 5.91 Å². The zero-order valence-electron chi connectivity index (χ0n) is 11.9. The van der Waals surface area contributed by atoms with E-state index < -0.39 is 0 Å². The molecule has 0 aliphatic carbocycles. The number of benzene rings is 1. The third-order valence-corrected chi connectivity index (χ3v) is 3.88. The number of amides is 1. The van der Waals surface area contributed by atoms with Crippen LogP contribution in [0.2, 0.25) is 0 Å². The average Bonchev–Trinajstić information content (AvgIpc) is 2.87. The Labute approximate surface area is 141 Å². The molecule has 0 radical (unpaired) electrons. The standard InChI is InChI=1S/C14H17N3OS.2ClH/c1-3-13-17-11(8-19-13)7-16-14(18)12-6-10(15)5-4-9(12)2;;/h4-6,8H,3,7,15H2,1-2H3,(H,16,18);2*1H. The second-order valence-corrected chi connectivity index (χ2v) is 5.29. The summed E-state index contributed by atoms with van der Waals surface area (Å²) in [6, 6.07) is 5.34. The van der Waals surface area contributed by atoms with Crippen molar-refractivity contribution in [1.29, 1.82) is 0 Å². The van der Waals surface area contributed by atoms with Crippen molar-refractivity contribution in [1.82, 2.24) is 10.3 Å². The van der Waals surface area contributed by atoms with Crippen LogP contribution in [0.25, 0.3) is 0 Å². The largest absolute Gasteiger partial charge is 0.399 e. The highest BCUT2D eigenvalue weighted by atomic mass is 35.5. The molecule has 0 saturated heterocycles. The molecular weight excluding hydrogens is 329 g/mol. The van der Waals surface area contributed by atoms with Gasteiger partial charge in [-0.1, -0.05) is 13.0 Å². The average molecular weight is 348 g/mol. The molecular formula is C14H19Cl2N3OS. The molecule has 1 aromatic heterocycles. The van der Waals surface area contributed by atoms with Crippen LogP contribution in [0.1, 0.15) is 33.5 Å². The summed E-state index contributed by atoms with van der Waals surface area (Å²) in [5.41, 5.74) is 8.73. The zero-order valence-corrected chi connectivity index (χ0v) is 14.3. The van der Waals surface area contributed by atoms with Gasteiger partial charge in [-0.05, 0) is 31.0 Å². The molecule has 7 heteroatoms. The molecule has 0 saturated carbocycles. The van der Waals surface area contributed by atoms with Gasteiger partial charge < -0.3 is 11.1 Å². The summed E-state index contributed by atoms with van der Waals surface area (Å²) < 4.78 is 0. The number of hydrogen-bond donors (Lipinski definition) is 2. The number of nitrogens with one attached hydrogen (secondary N) is 1. The number of aromatic nitrogens is 1. The van der Waals surface area contributed by atoms with Crippen LogP contribution in [0.4, 0.5) is 5.69 Å². The molecule has 0 bridgehead atoms. The first-order chi connectivity index (χ1) is 9.10. The second-order valence-electron chi connectivity index (χ2n) is 4.34. The Morgan fingerprint density at radius 2 is 2.10 bits per heavy atom. The predicted molar refractivity (Wildman–Crippen MR) is 92.7 cm³/mol. The van der Waals surface area contributed by atoms with Crippen molar-refractivity contribution in [3.8, 4) is 0 Å². The number of anilines is 1. The molecule has 1 heterocycles. The number of carbonyl (C=O) groups is 1. The molecule has 2 rings (SSSR count). The molecule has 0 unspecified atom stereocenters. The molecule has 0 aliphatic heterocycles. The lowest BCUT2D eigenvalue weighted by Gasteiger charge is -2.07. The first kappa shape index (κ1) is 19.7. The molecule has 116 valence electrons. The predicted octanol–water partition coefficient (Wildman–Crippen LogP) is 3.37. The lowest BCUT2D eigenvalue weighted by molar-refractivity contribution is 0.0950. The minimum Gasteiger partial charge on any atom is -0.399 e. The molecule has 21 heavy (non-hydrogen) atoms. The summed E-state index contributed by atoms with van der Waals surface area (Å²) in [6.07, 6.45) is 0.924. The SMILES string of the molecule is CCc1nc(CNC(=O)c2cc(N)ccc2C)cs1.Cl.Cl. The van der Waals surface area contributed by atoms with Crippen molar-refractivity contribution in [3.05, 3.63) is 45.4 Å². The Kier molecular flexibility index (Phi) is 8.32. The highest BCUT2D eigenvalue weighted by molar-refractivity contribution is 7.09. The summed E-state index contributed by atoms with van der Waals surface area (Å²) in [4.78, 5) is 16.5. The van der Waals surface area contributed by atoms with E-state index in [1.165, 1.54) is 0 Å². The van der Waals surface area contributed by atoms with Crippen molar-refractivity contribution >= 4 is 47.7 Å². The van der Waals surface area contributed by atoms with Crippen LogP contribution in [0.5, 0.6) is 0 Å². The van der Waals surface area contributed by atoms with Crippen LogP contribution in [0.15, 0.2) is 23.6 Å². The maximum absolute atomic E-state index is 12.1. The van der Waals surface area contributed by atoms with E-state index in [0.717, 1.165) is 22.7 Å². The summed E-state index contributed by atoms with van der Waals surface area (Å²) in [5, 5.41) is 5.94. The fourth-order valence-electron chi connectivity index (χ4n) is 1.74. The van der Waals surface area contributed by atoms with Crippen LogP contribution in [0, 0.1) is 6.92 Å². The van der Waals surface area contributed by atoms with Gasteiger partial charge in [0.05, 0.1) is 17.2 Å². The minimum absolute atomic E-state index is 0. The molecule has 2 aromatic rings. The van der Waals surface area contributed by atoms with E-state index in [9.17, 15) is 4.79 Å². The molecule has 1 aromatic carbocycles. The van der Waals surface area contributed by atoms with Crippen LogP contribution >= 0.6 is 36.2 Å². The summed E-state index contributed by atoms with van der Waals surface area (Å²) in [6.45, 7) is 4.41. The van der Waals surface area contributed by atoms with Gasteiger partial charge in [0.15, 0.2) is 0 Å². The maximum Gasteiger partial charge on any atom is 0.251 e. The number of carbonyl (C=O) groups excluding carboxylic acids is 1. The molecule has 4 nitrogen and oxygen atoms in total. The van der Waals surface area contributed by atoms with Gasteiger partial charge in [-0.25, -0.2) is 4.98 Å². The van der Waals surface area contributed by atoms with Gasteiger partial charge in [-0.15, -0.1) is 36.2 Å². The number of aryl methyl sites for hydroxylation is 2. The minimum atomic E-state index is -0.115. The fourth-order valence-corrected chi connectivity index (χ4v) is 2.49. The number of thiazole rings is 1. The highest BCUT2D eigenvalue weighted by Crippen LogP contribution is 2.13. The quantitative estimate of drug-likeness (QED) is 0.833. The van der Waals surface area contributed by atoms with Gasteiger partial charge in [-0.3, -0.25) is 4.79 Å². The Hall–Kier alpha value is -1.30. The lowest BCUT2D eigenvalue weighted by atomic mass is 10.1. The maximum atomic E-state index is 12.1. The lowest BCUT2D eigenvalue weighted by Crippen LogP contribution is -2.23. The molecule has 0 spiro atoms. The molecule has 0 fully saturated rings. The Bertz CT molecular complexity index is 602. The Balaban J connectivity index is 0.00000200. The molecule has 3 N–H and O–H groups in total. The van der Waals surface area contributed by atoms with Crippen molar-refractivity contribution in [3.63, 3.8) is 0 Å². The van der Waals surface area contributed by atoms with Gasteiger partial charge in [-0.2, -0.15) is 0 Å². The molecule has 1 amide bonds. The van der Waals surface area contributed by atoms with Crippen molar-refractivity contribution < 1.29 is 4.79 Å². The van der Waals surface area contributed by atoms with E-state index in [1.54, 1.807) is 23.5 Å². The number of nitrogens with zero attached hydrogens (tertiary/aromatic N) is 1. The molecule has 0 aliphatic rings. The number of rotatable bonds is 4. The first-order valence-corrected chi connectivity index (χ1v) is 7.05. The zero-order chi connectivity index (χ0) is 13.8. The van der Waals surface area contributed by atoms with Crippen LogP contribution in [-0.4, -0.2) is 10.9 Å². The van der Waals surface area contributed by atoms with E-state index in [0.29, 0.717) is 17.8 Å². The van der Waals surface area contributed by atoms with Gasteiger partial charge in [0.1, 0.15) is 0 Å². The fraction of sp³-hybridized carbons (Fsp3) is 0.286. The van der Waals surface area contributed by atoms with E-state index in [1.807, 2.05) is 18.4 Å².